The fourth-order valence-electron chi connectivity index (χ4n) is 3.20. The van der Waals surface area contributed by atoms with Crippen molar-refractivity contribution in [2.75, 3.05) is 19.3 Å². The Labute approximate surface area is 156 Å². The zero-order valence-corrected chi connectivity index (χ0v) is 14.8. The van der Waals surface area contributed by atoms with E-state index in [0.29, 0.717) is 18.8 Å². The molecule has 1 atom stereocenters. The van der Waals surface area contributed by atoms with Gasteiger partial charge in [-0.3, -0.25) is 4.79 Å². The second-order valence-electron chi connectivity index (χ2n) is 6.70. The average Bonchev–Trinajstić information content (AvgIpc) is 2.95. The number of carbonyl (C=O) groups is 1. The summed E-state index contributed by atoms with van der Waals surface area (Å²) in [5.74, 6) is 5.73. The maximum absolute atomic E-state index is 12.0. The number of benzene rings is 2. The Kier molecular flexibility index (Phi) is 4.02. The molecular formula is C21H18N4O2. The summed E-state index contributed by atoms with van der Waals surface area (Å²) >= 11 is 0. The van der Waals surface area contributed by atoms with Crippen LogP contribution in [0.25, 0.3) is 21.9 Å². The molecule has 1 amide bonds. The molecule has 0 radical (unpaired) electrons. The third kappa shape index (κ3) is 3.09. The molecule has 6 nitrogen and oxygen atoms in total. The van der Waals surface area contributed by atoms with E-state index in [1.54, 1.807) is 13.2 Å². The highest BCUT2D eigenvalue weighted by atomic mass is 16.3. The van der Waals surface area contributed by atoms with Crippen LogP contribution in [-0.2, 0) is 4.79 Å². The van der Waals surface area contributed by atoms with E-state index in [9.17, 15) is 9.90 Å². The molecule has 0 unspecified atom stereocenters. The molecule has 0 aliphatic carbocycles. The fourth-order valence-corrected chi connectivity index (χ4v) is 3.20. The summed E-state index contributed by atoms with van der Waals surface area (Å²) in [5.41, 5.74) is 6.99. The summed E-state index contributed by atoms with van der Waals surface area (Å²) in [6.45, 7) is 0.505. The summed E-state index contributed by atoms with van der Waals surface area (Å²) in [4.78, 5) is 13.5. The Bertz CT molecular complexity index is 1120. The number of rotatable bonds is 1. The topological polar surface area (TPSA) is 92.3 Å². The third-order valence-electron chi connectivity index (χ3n) is 4.81. The zero-order valence-electron chi connectivity index (χ0n) is 14.8. The van der Waals surface area contributed by atoms with Crippen LogP contribution in [0.2, 0.25) is 0 Å². The van der Waals surface area contributed by atoms with Gasteiger partial charge in [-0.05, 0) is 29.3 Å². The second kappa shape index (κ2) is 6.38. The Balaban J connectivity index is 1.69. The molecule has 27 heavy (non-hydrogen) atoms. The molecule has 6 heteroatoms. The number of nitrogens with two attached hydrogens (primary N) is 1. The molecule has 2 heterocycles. The quantitative estimate of drug-likeness (QED) is 0.648. The molecule has 1 aliphatic rings. The van der Waals surface area contributed by atoms with Crippen molar-refractivity contribution in [3.63, 3.8) is 0 Å². The molecule has 1 aliphatic heterocycles. The number of anilines is 1. The Hall–Kier alpha value is -3.43. The fraction of sp³-hybridized carbons (Fsp3) is 0.190. The third-order valence-corrected chi connectivity index (χ3v) is 4.81. The maximum Gasteiger partial charge on any atom is 0.267 e. The summed E-state index contributed by atoms with van der Waals surface area (Å²) in [6.07, 6.45) is 1.99. The van der Waals surface area contributed by atoms with E-state index in [4.69, 9.17) is 5.73 Å². The van der Waals surface area contributed by atoms with Crippen molar-refractivity contribution in [2.24, 2.45) is 0 Å². The van der Waals surface area contributed by atoms with Crippen LogP contribution in [0.3, 0.4) is 0 Å². The van der Waals surface area contributed by atoms with Crippen LogP contribution in [0, 0.1) is 11.8 Å². The standard InChI is InChI=1S/C21H18N4O2/c1-25-10-9-21(27,20(25)26)8-7-14-3-2-4-15(11-14)16-5-6-17-13-23-24-19(22)18(17)12-16/h2-6,11-13,27H,9-10H2,1H3,(H2,22,24)/t21-/m0/s1. The van der Waals surface area contributed by atoms with Crippen molar-refractivity contribution in [3.8, 4) is 23.0 Å². The molecule has 0 spiro atoms. The van der Waals surface area contributed by atoms with Gasteiger partial charge in [-0.15, -0.1) is 5.10 Å². The number of likely N-dealkylation sites (tertiary alicyclic amines) is 1. The first-order chi connectivity index (χ1) is 13.0. The van der Waals surface area contributed by atoms with E-state index < -0.39 is 5.60 Å². The van der Waals surface area contributed by atoms with Crippen LogP contribution in [0.5, 0.6) is 0 Å². The van der Waals surface area contributed by atoms with Gasteiger partial charge in [-0.2, -0.15) is 5.10 Å². The SMILES string of the molecule is CN1CC[C@@](O)(C#Cc2cccc(-c3ccc4cnnc(N)c4c3)c2)C1=O. The molecule has 1 aromatic heterocycles. The molecule has 3 aromatic rings. The molecule has 4 rings (SSSR count). The van der Waals surface area contributed by atoms with Gasteiger partial charge >= 0.3 is 0 Å². The first-order valence-electron chi connectivity index (χ1n) is 8.59. The van der Waals surface area contributed by atoms with Gasteiger partial charge in [-0.25, -0.2) is 0 Å². The van der Waals surface area contributed by atoms with Crippen molar-refractivity contribution in [2.45, 2.75) is 12.0 Å². The number of likely N-dealkylation sites (N-methyl/N-ethyl adjacent to an activating group) is 1. The number of carbonyl (C=O) groups excluding carboxylic acids is 1. The molecule has 1 fully saturated rings. The summed E-state index contributed by atoms with van der Waals surface area (Å²) < 4.78 is 0. The maximum atomic E-state index is 12.0. The van der Waals surface area contributed by atoms with Crippen LogP contribution < -0.4 is 5.73 Å². The van der Waals surface area contributed by atoms with E-state index in [-0.39, 0.29) is 5.91 Å². The highest BCUT2D eigenvalue weighted by molar-refractivity contribution is 5.93. The van der Waals surface area contributed by atoms with Gasteiger partial charge in [0.15, 0.2) is 5.82 Å². The number of hydrogen-bond acceptors (Lipinski definition) is 5. The van der Waals surface area contributed by atoms with Gasteiger partial charge in [0, 0.05) is 36.3 Å². The van der Waals surface area contributed by atoms with Crippen molar-refractivity contribution < 1.29 is 9.90 Å². The van der Waals surface area contributed by atoms with Crippen molar-refractivity contribution >= 4 is 22.5 Å². The van der Waals surface area contributed by atoms with Gasteiger partial charge in [0.25, 0.3) is 5.91 Å². The number of aromatic nitrogens is 2. The van der Waals surface area contributed by atoms with E-state index >= 15 is 0 Å². The molecule has 1 saturated heterocycles. The number of fused-ring (bicyclic) bond motifs is 1. The van der Waals surface area contributed by atoms with Crippen LogP contribution in [0.1, 0.15) is 12.0 Å². The van der Waals surface area contributed by atoms with Crippen molar-refractivity contribution in [1.82, 2.24) is 15.1 Å². The molecule has 0 saturated carbocycles. The van der Waals surface area contributed by atoms with E-state index in [0.717, 1.165) is 27.5 Å². The minimum Gasteiger partial charge on any atom is -0.382 e. The Morgan fingerprint density at radius 1 is 1.22 bits per heavy atom. The smallest absolute Gasteiger partial charge is 0.267 e. The van der Waals surface area contributed by atoms with Crippen molar-refractivity contribution in [3.05, 3.63) is 54.2 Å². The molecule has 2 aromatic carbocycles. The van der Waals surface area contributed by atoms with E-state index in [1.165, 1.54) is 4.90 Å². The average molecular weight is 358 g/mol. The lowest BCUT2D eigenvalue weighted by Crippen LogP contribution is -2.37. The number of hydrogen-bond donors (Lipinski definition) is 2. The molecule has 0 bridgehead atoms. The van der Waals surface area contributed by atoms with Gasteiger partial charge in [0.05, 0.1) is 6.20 Å². The Morgan fingerprint density at radius 2 is 2.04 bits per heavy atom. The van der Waals surface area contributed by atoms with Crippen molar-refractivity contribution in [1.29, 1.82) is 0 Å². The van der Waals surface area contributed by atoms with Gasteiger partial charge < -0.3 is 15.7 Å². The predicted molar refractivity (Wildman–Crippen MR) is 103 cm³/mol. The minimum absolute atomic E-state index is 0.319. The van der Waals surface area contributed by atoms with Crippen LogP contribution in [-0.4, -0.2) is 45.3 Å². The van der Waals surface area contributed by atoms with E-state index in [2.05, 4.69) is 22.0 Å². The summed E-state index contributed by atoms with van der Waals surface area (Å²) in [7, 11) is 1.67. The molecule has 134 valence electrons. The van der Waals surface area contributed by atoms with Crippen LogP contribution in [0.4, 0.5) is 5.82 Å². The van der Waals surface area contributed by atoms with Crippen LogP contribution in [0.15, 0.2) is 48.7 Å². The lowest BCUT2D eigenvalue weighted by atomic mass is 9.99. The monoisotopic (exact) mass is 358 g/mol. The summed E-state index contributed by atoms with van der Waals surface area (Å²) in [6, 6.07) is 13.5. The van der Waals surface area contributed by atoms with E-state index in [1.807, 2.05) is 42.5 Å². The Morgan fingerprint density at radius 3 is 2.81 bits per heavy atom. The minimum atomic E-state index is -1.60. The first kappa shape index (κ1) is 17.0. The molecule has 3 N–H and O–H groups in total. The largest absolute Gasteiger partial charge is 0.382 e. The van der Waals surface area contributed by atoms with Gasteiger partial charge in [0.2, 0.25) is 5.60 Å². The number of aliphatic hydroxyl groups is 1. The lowest BCUT2D eigenvalue weighted by molar-refractivity contribution is -0.137. The normalized spacial score (nSPS) is 19.2. The van der Waals surface area contributed by atoms with Gasteiger partial charge in [0.1, 0.15) is 0 Å². The zero-order chi connectivity index (χ0) is 19.0. The highest BCUT2D eigenvalue weighted by Crippen LogP contribution is 2.27. The number of nitrogen functional groups attached to an aromatic ring is 1. The van der Waals surface area contributed by atoms with Gasteiger partial charge in [-0.1, -0.05) is 36.1 Å². The number of nitrogens with zero attached hydrogens (tertiary/aromatic N) is 3. The molecular weight excluding hydrogens is 340 g/mol. The highest BCUT2D eigenvalue weighted by Gasteiger charge is 2.42. The summed E-state index contributed by atoms with van der Waals surface area (Å²) in [5, 5.41) is 20.0. The van der Waals surface area contributed by atoms with Crippen LogP contribution >= 0.6 is 0 Å². The first-order valence-corrected chi connectivity index (χ1v) is 8.59. The number of amides is 1. The second-order valence-corrected chi connectivity index (χ2v) is 6.70. The predicted octanol–water partition coefficient (Wildman–Crippen LogP) is 1.82. The lowest BCUT2D eigenvalue weighted by Gasteiger charge is -2.13.